The zero-order valence-corrected chi connectivity index (χ0v) is 17.6. The van der Waals surface area contributed by atoms with E-state index in [4.69, 9.17) is 5.73 Å². The Morgan fingerprint density at radius 3 is 2.50 bits per heavy atom. The summed E-state index contributed by atoms with van der Waals surface area (Å²) in [5.41, 5.74) is 8.45. The van der Waals surface area contributed by atoms with Crippen LogP contribution in [-0.4, -0.2) is 28.0 Å². The van der Waals surface area contributed by atoms with Gasteiger partial charge in [0.25, 0.3) is 0 Å². The number of phenols is 1. The van der Waals surface area contributed by atoms with Crippen molar-refractivity contribution in [3.8, 4) is 16.9 Å². The number of carbonyl (C=O) groups excluding carboxylic acids is 1. The minimum Gasteiger partial charge on any atom is -0.505 e. The maximum absolute atomic E-state index is 14.5. The highest BCUT2D eigenvalue weighted by atomic mass is 19.1. The fraction of sp³-hybridized carbons (Fsp3) is 0.360. The molecule has 32 heavy (non-hydrogen) atoms. The molecule has 0 saturated heterocycles. The third kappa shape index (κ3) is 3.93. The highest BCUT2D eigenvalue weighted by molar-refractivity contribution is 6.10. The Hall–Kier alpha value is -3.06. The molecule has 0 unspecified atom stereocenters. The van der Waals surface area contributed by atoms with Gasteiger partial charge in [-0.15, -0.1) is 0 Å². The van der Waals surface area contributed by atoms with E-state index in [0.717, 1.165) is 50.7 Å². The van der Waals surface area contributed by atoms with E-state index in [1.165, 1.54) is 0 Å². The molecular weight excluding hydrogens is 412 g/mol. The van der Waals surface area contributed by atoms with Gasteiger partial charge in [0.1, 0.15) is 5.82 Å². The Bertz CT molecular complexity index is 1200. The minimum absolute atomic E-state index is 0.0291. The van der Waals surface area contributed by atoms with Crippen molar-refractivity contribution in [3.63, 3.8) is 0 Å². The molecule has 5 nitrogen and oxygen atoms in total. The highest BCUT2D eigenvalue weighted by Gasteiger charge is 2.33. The van der Waals surface area contributed by atoms with Crippen LogP contribution in [0.15, 0.2) is 36.5 Å². The number of aromatic hydroxyl groups is 1. The molecule has 0 amide bonds. The van der Waals surface area contributed by atoms with Crippen LogP contribution < -0.4 is 11.1 Å². The molecule has 7 heteroatoms. The number of aromatic nitrogens is 1. The molecule has 1 heterocycles. The summed E-state index contributed by atoms with van der Waals surface area (Å²) in [5.74, 6) is -2.25. The van der Waals surface area contributed by atoms with Gasteiger partial charge in [0, 0.05) is 41.2 Å². The Morgan fingerprint density at radius 2 is 1.78 bits per heavy atom. The Kier molecular flexibility index (Phi) is 5.29. The molecule has 0 aliphatic heterocycles. The summed E-state index contributed by atoms with van der Waals surface area (Å²) < 4.78 is 28.5. The SMILES string of the molecule is NC1CCC(Nc2c(C(=O)C3CC3)cnc3ccc(-c4cc(F)c(O)cc4F)cc23)CC1. The lowest BCUT2D eigenvalue weighted by Crippen LogP contribution is -2.33. The Labute approximate surface area is 184 Å². The van der Waals surface area contributed by atoms with Crippen molar-refractivity contribution in [2.24, 2.45) is 11.7 Å². The van der Waals surface area contributed by atoms with Crippen LogP contribution in [0.2, 0.25) is 0 Å². The van der Waals surface area contributed by atoms with Crippen LogP contribution >= 0.6 is 0 Å². The number of halogens is 2. The molecule has 2 aliphatic rings. The van der Waals surface area contributed by atoms with E-state index in [2.05, 4.69) is 10.3 Å². The van der Waals surface area contributed by atoms with Crippen LogP contribution in [0.1, 0.15) is 48.9 Å². The number of nitrogens with one attached hydrogen (secondary N) is 1. The molecule has 3 aromatic rings. The highest BCUT2D eigenvalue weighted by Crippen LogP contribution is 2.39. The van der Waals surface area contributed by atoms with Crippen molar-refractivity contribution >= 4 is 22.4 Å². The normalized spacial score (nSPS) is 21.0. The number of Topliss-reactive ketones (excluding diaryl/α,β-unsaturated/α-hetero) is 1. The molecule has 2 aromatic carbocycles. The summed E-state index contributed by atoms with van der Waals surface area (Å²) in [6.07, 6.45) is 7.02. The number of nitrogens with zero attached hydrogens (tertiary/aromatic N) is 1. The zero-order chi connectivity index (χ0) is 22.4. The van der Waals surface area contributed by atoms with E-state index in [1.807, 2.05) is 0 Å². The first-order chi connectivity index (χ1) is 15.4. The van der Waals surface area contributed by atoms with Gasteiger partial charge < -0.3 is 16.2 Å². The number of hydrogen-bond acceptors (Lipinski definition) is 5. The lowest BCUT2D eigenvalue weighted by Gasteiger charge is -2.29. The maximum atomic E-state index is 14.5. The van der Waals surface area contributed by atoms with E-state index in [0.29, 0.717) is 27.7 Å². The van der Waals surface area contributed by atoms with Crippen molar-refractivity contribution in [1.29, 1.82) is 0 Å². The first-order valence-corrected chi connectivity index (χ1v) is 11.1. The first-order valence-electron chi connectivity index (χ1n) is 11.1. The average molecular weight is 437 g/mol. The van der Waals surface area contributed by atoms with Crippen molar-refractivity contribution < 1.29 is 18.7 Å². The second-order valence-corrected chi connectivity index (χ2v) is 8.96. The van der Waals surface area contributed by atoms with E-state index in [1.54, 1.807) is 24.4 Å². The molecule has 2 saturated carbocycles. The van der Waals surface area contributed by atoms with Crippen molar-refractivity contribution in [2.45, 2.75) is 50.6 Å². The quantitative estimate of drug-likeness (QED) is 0.480. The van der Waals surface area contributed by atoms with E-state index >= 15 is 0 Å². The van der Waals surface area contributed by atoms with Crippen LogP contribution in [0.5, 0.6) is 5.75 Å². The average Bonchev–Trinajstić information content (AvgIpc) is 3.63. The van der Waals surface area contributed by atoms with Crippen LogP contribution in [0, 0.1) is 17.6 Å². The van der Waals surface area contributed by atoms with Crippen LogP contribution in [0.25, 0.3) is 22.0 Å². The molecule has 4 N–H and O–H groups in total. The number of ketones is 1. The van der Waals surface area contributed by atoms with Gasteiger partial charge >= 0.3 is 0 Å². The molecule has 0 atom stereocenters. The van der Waals surface area contributed by atoms with Gasteiger partial charge in [-0.25, -0.2) is 8.78 Å². The number of carbonyl (C=O) groups is 1. The van der Waals surface area contributed by atoms with Crippen LogP contribution in [0.4, 0.5) is 14.5 Å². The minimum atomic E-state index is -0.894. The zero-order valence-electron chi connectivity index (χ0n) is 17.6. The summed E-state index contributed by atoms with van der Waals surface area (Å²) in [6.45, 7) is 0. The standard InChI is InChI=1S/C25H25F2N3O2/c26-20-11-23(31)21(27)10-17(20)14-3-8-22-18(9-14)24(30-16-6-4-15(28)5-7-16)19(12-29-22)25(32)13-1-2-13/h3,8-13,15-16,31H,1-2,4-7,28H2,(H,29,30). The topological polar surface area (TPSA) is 88.2 Å². The van der Waals surface area contributed by atoms with Crippen molar-refractivity contribution in [3.05, 3.63) is 53.7 Å². The van der Waals surface area contributed by atoms with Crippen molar-refractivity contribution in [1.82, 2.24) is 4.98 Å². The Morgan fingerprint density at radius 1 is 1.03 bits per heavy atom. The summed E-state index contributed by atoms with van der Waals surface area (Å²) in [7, 11) is 0. The third-order valence-corrected chi connectivity index (χ3v) is 6.55. The number of anilines is 1. The van der Waals surface area contributed by atoms with Crippen LogP contribution in [0.3, 0.4) is 0 Å². The maximum Gasteiger partial charge on any atom is 0.169 e. The van der Waals surface area contributed by atoms with Gasteiger partial charge in [-0.05, 0) is 62.3 Å². The number of fused-ring (bicyclic) bond motifs is 1. The fourth-order valence-corrected chi connectivity index (χ4v) is 4.49. The molecule has 5 rings (SSSR count). The molecular formula is C25H25F2N3O2. The molecule has 2 fully saturated rings. The largest absolute Gasteiger partial charge is 0.505 e. The van der Waals surface area contributed by atoms with E-state index < -0.39 is 17.4 Å². The molecule has 0 bridgehead atoms. The second-order valence-electron chi connectivity index (χ2n) is 8.96. The molecule has 2 aliphatic carbocycles. The van der Waals surface area contributed by atoms with Crippen LogP contribution in [-0.2, 0) is 0 Å². The summed E-state index contributed by atoms with van der Waals surface area (Å²) in [5, 5.41) is 13.7. The summed E-state index contributed by atoms with van der Waals surface area (Å²) >= 11 is 0. The molecule has 166 valence electrons. The number of rotatable bonds is 5. The number of benzene rings is 2. The second kappa shape index (κ2) is 8.13. The van der Waals surface area contributed by atoms with Gasteiger partial charge in [-0.2, -0.15) is 0 Å². The predicted octanol–water partition coefficient (Wildman–Crippen LogP) is 5.16. The predicted molar refractivity (Wildman–Crippen MR) is 120 cm³/mol. The lowest BCUT2D eigenvalue weighted by molar-refractivity contribution is 0.0968. The van der Waals surface area contributed by atoms with E-state index in [-0.39, 0.29) is 29.3 Å². The Balaban J connectivity index is 1.63. The summed E-state index contributed by atoms with van der Waals surface area (Å²) in [6, 6.07) is 7.26. The fourth-order valence-electron chi connectivity index (χ4n) is 4.49. The first kappa shape index (κ1) is 20.8. The van der Waals surface area contributed by atoms with Gasteiger partial charge in [-0.3, -0.25) is 9.78 Å². The molecule has 0 spiro atoms. The van der Waals surface area contributed by atoms with Crippen molar-refractivity contribution in [2.75, 3.05) is 5.32 Å². The van der Waals surface area contributed by atoms with Gasteiger partial charge in [0.05, 0.1) is 16.8 Å². The van der Waals surface area contributed by atoms with Gasteiger partial charge in [0.2, 0.25) is 0 Å². The van der Waals surface area contributed by atoms with Gasteiger partial charge in [-0.1, -0.05) is 6.07 Å². The number of pyridine rings is 1. The number of nitrogens with two attached hydrogens (primary N) is 1. The monoisotopic (exact) mass is 437 g/mol. The summed E-state index contributed by atoms with van der Waals surface area (Å²) in [4.78, 5) is 17.5. The third-order valence-electron chi connectivity index (χ3n) is 6.55. The number of phenolic OH excluding ortho intramolecular Hbond substituents is 1. The lowest BCUT2D eigenvalue weighted by atomic mass is 9.91. The smallest absolute Gasteiger partial charge is 0.169 e. The van der Waals surface area contributed by atoms with Gasteiger partial charge in [0.15, 0.2) is 17.3 Å². The number of hydrogen-bond donors (Lipinski definition) is 3. The van der Waals surface area contributed by atoms with E-state index in [9.17, 15) is 18.7 Å². The molecule has 1 aromatic heterocycles. The molecule has 0 radical (unpaired) electrons.